The van der Waals surface area contributed by atoms with Gasteiger partial charge in [-0.15, -0.1) is 0 Å². The largest absolute Gasteiger partial charge is 0.349 e. The van der Waals surface area contributed by atoms with Gasteiger partial charge < -0.3 is 5.32 Å². The van der Waals surface area contributed by atoms with E-state index in [4.69, 9.17) is 0 Å². The number of amides is 1. The van der Waals surface area contributed by atoms with E-state index in [2.05, 4.69) is 10.0 Å². The summed E-state index contributed by atoms with van der Waals surface area (Å²) in [4.78, 5) is 12.9. The topological polar surface area (TPSA) is 75.3 Å². The lowest BCUT2D eigenvalue weighted by atomic mass is 9.95. The highest BCUT2D eigenvalue weighted by Crippen LogP contribution is 2.44. The van der Waals surface area contributed by atoms with Gasteiger partial charge in [0.25, 0.3) is 15.9 Å². The minimum Gasteiger partial charge on any atom is -0.349 e. The third-order valence-corrected chi connectivity index (χ3v) is 7.23. The molecule has 6 heteroatoms. The molecule has 2 bridgehead atoms. The van der Waals surface area contributed by atoms with Crippen LogP contribution < -0.4 is 10.0 Å². The number of hydrogen-bond donors (Lipinski definition) is 2. The maximum absolute atomic E-state index is 12.7. The Bertz CT molecular complexity index is 957. The van der Waals surface area contributed by atoms with E-state index in [1.807, 2.05) is 6.92 Å². The van der Waals surface area contributed by atoms with Crippen molar-refractivity contribution in [1.29, 1.82) is 0 Å². The molecule has 27 heavy (non-hydrogen) atoms. The van der Waals surface area contributed by atoms with Crippen LogP contribution in [0.5, 0.6) is 0 Å². The van der Waals surface area contributed by atoms with Gasteiger partial charge in [-0.3, -0.25) is 9.52 Å². The van der Waals surface area contributed by atoms with Gasteiger partial charge in [0, 0.05) is 11.6 Å². The molecule has 2 saturated carbocycles. The van der Waals surface area contributed by atoms with Gasteiger partial charge in [0.15, 0.2) is 0 Å². The van der Waals surface area contributed by atoms with E-state index in [1.165, 1.54) is 19.3 Å². The second-order valence-electron chi connectivity index (χ2n) is 7.70. The van der Waals surface area contributed by atoms with Gasteiger partial charge in [-0.05, 0) is 67.9 Å². The summed E-state index contributed by atoms with van der Waals surface area (Å²) in [6, 6.07) is 13.6. The number of fused-ring (bicyclic) bond motifs is 2. The number of rotatable bonds is 5. The molecular weight excluding hydrogens is 360 g/mol. The molecule has 2 aliphatic rings. The fourth-order valence-electron chi connectivity index (χ4n) is 4.35. The van der Waals surface area contributed by atoms with E-state index >= 15 is 0 Å². The first-order chi connectivity index (χ1) is 12.9. The van der Waals surface area contributed by atoms with Crippen molar-refractivity contribution < 1.29 is 13.2 Å². The first-order valence-corrected chi connectivity index (χ1v) is 10.9. The minimum absolute atomic E-state index is 0.132. The Labute approximate surface area is 160 Å². The Kier molecular flexibility index (Phi) is 4.68. The SMILES string of the molecule is Cc1ccc(C(=O)NC2CC3CCC2C3)cc1NS(=O)(=O)c1ccccc1. The highest BCUT2D eigenvalue weighted by atomic mass is 32.2. The van der Waals surface area contributed by atoms with Crippen LogP contribution in [-0.2, 0) is 10.0 Å². The van der Waals surface area contributed by atoms with E-state index in [0.29, 0.717) is 17.2 Å². The lowest BCUT2D eigenvalue weighted by Gasteiger charge is -2.23. The molecule has 0 spiro atoms. The van der Waals surface area contributed by atoms with Crippen LogP contribution in [0.3, 0.4) is 0 Å². The van der Waals surface area contributed by atoms with Crippen LogP contribution in [0.25, 0.3) is 0 Å². The fraction of sp³-hybridized carbons (Fsp3) is 0.381. The number of anilines is 1. The number of carbonyl (C=O) groups is 1. The van der Waals surface area contributed by atoms with E-state index < -0.39 is 10.0 Å². The van der Waals surface area contributed by atoms with Crippen molar-refractivity contribution >= 4 is 21.6 Å². The lowest BCUT2D eigenvalue weighted by molar-refractivity contribution is 0.0923. The molecule has 0 heterocycles. The highest BCUT2D eigenvalue weighted by molar-refractivity contribution is 7.92. The van der Waals surface area contributed by atoms with E-state index in [9.17, 15) is 13.2 Å². The van der Waals surface area contributed by atoms with Crippen LogP contribution >= 0.6 is 0 Å². The smallest absolute Gasteiger partial charge is 0.261 e. The molecule has 2 aromatic rings. The van der Waals surface area contributed by atoms with E-state index in [0.717, 1.165) is 17.9 Å². The number of hydrogen-bond acceptors (Lipinski definition) is 3. The van der Waals surface area contributed by atoms with Crippen molar-refractivity contribution in [2.75, 3.05) is 4.72 Å². The Morgan fingerprint density at radius 1 is 1.04 bits per heavy atom. The maximum atomic E-state index is 12.7. The first kappa shape index (κ1) is 18.0. The van der Waals surface area contributed by atoms with Crippen molar-refractivity contribution in [3.63, 3.8) is 0 Å². The predicted molar refractivity (Wildman–Crippen MR) is 105 cm³/mol. The van der Waals surface area contributed by atoms with Crippen molar-refractivity contribution in [3.8, 4) is 0 Å². The molecule has 2 aliphatic carbocycles. The van der Waals surface area contributed by atoms with Gasteiger partial charge in [-0.25, -0.2) is 8.42 Å². The Morgan fingerprint density at radius 2 is 1.81 bits per heavy atom. The molecule has 0 radical (unpaired) electrons. The number of nitrogens with one attached hydrogen (secondary N) is 2. The highest BCUT2D eigenvalue weighted by Gasteiger charge is 2.40. The molecule has 0 saturated heterocycles. The van der Waals surface area contributed by atoms with Gasteiger partial charge in [0.05, 0.1) is 10.6 Å². The van der Waals surface area contributed by atoms with Crippen LogP contribution in [0.1, 0.15) is 41.6 Å². The molecule has 3 atom stereocenters. The Balaban J connectivity index is 1.52. The zero-order chi connectivity index (χ0) is 19.0. The van der Waals surface area contributed by atoms with Gasteiger partial charge in [-0.2, -0.15) is 0 Å². The number of sulfonamides is 1. The Hall–Kier alpha value is -2.34. The zero-order valence-corrected chi connectivity index (χ0v) is 16.1. The van der Waals surface area contributed by atoms with Crippen LogP contribution in [0.4, 0.5) is 5.69 Å². The summed E-state index contributed by atoms with van der Waals surface area (Å²) in [6.45, 7) is 1.82. The Morgan fingerprint density at radius 3 is 2.48 bits per heavy atom. The van der Waals surface area contributed by atoms with Crippen molar-refractivity contribution in [3.05, 3.63) is 59.7 Å². The summed E-state index contributed by atoms with van der Waals surface area (Å²) in [7, 11) is -3.69. The van der Waals surface area contributed by atoms with E-state index in [-0.39, 0.29) is 16.8 Å². The van der Waals surface area contributed by atoms with Crippen molar-refractivity contribution in [2.24, 2.45) is 11.8 Å². The van der Waals surface area contributed by atoms with Gasteiger partial charge in [-0.1, -0.05) is 30.7 Å². The molecule has 142 valence electrons. The van der Waals surface area contributed by atoms with Crippen molar-refractivity contribution in [2.45, 2.75) is 43.5 Å². The van der Waals surface area contributed by atoms with Crippen LogP contribution in [0.15, 0.2) is 53.4 Å². The van der Waals surface area contributed by atoms with Gasteiger partial charge in [0.1, 0.15) is 0 Å². The average molecular weight is 385 g/mol. The fourth-order valence-corrected chi connectivity index (χ4v) is 5.49. The van der Waals surface area contributed by atoms with Crippen molar-refractivity contribution in [1.82, 2.24) is 5.32 Å². The molecule has 4 rings (SSSR count). The normalized spacial score (nSPS) is 24.0. The molecule has 0 aliphatic heterocycles. The predicted octanol–water partition coefficient (Wildman–Crippen LogP) is 3.71. The summed E-state index contributed by atoms with van der Waals surface area (Å²) in [5.41, 5.74) is 1.68. The number of benzene rings is 2. The summed E-state index contributed by atoms with van der Waals surface area (Å²) in [6.07, 6.45) is 4.77. The monoisotopic (exact) mass is 384 g/mol. The van der Waals surface area contributed by atoms with Gasteiger partial charge in [0.2, 0.25) is 0 Å². The number of carbonyl (C=O) groups excluding carboxylic acids is 1. The minimum atomic E-state index is -3.69. The van der Waals surface area contributed by atoms with Crippen LogP contribution in [0, 0.1) is 18.8 Å². The third-order valence-electron chi connectivity index (χ3n) is 5.85. The van der Waals surface area contributed by atoms with E-state index in [1.54, 1.807) is 48.5 Å². The summed E-state index contributed by atoms with van der Waals surface area (Å²) >= 11 is 0. The first-order valence-electron chi connectivity index (χ1n) is 9.42. The van der Waals surface area contributed by atoms with Crippen LogP contribution in [0.2, 0.25) is 0 Å². The van der Waals surface area contributed by atoms with Gasteiger partial charge >= 0.3 is 0 Å². The summed E-state index contributed by atoms with van der Waals surface area (Å²) in [5, 5.41) is 3.15. The molecule has 1 amide bonds. The van der Waals surface area contributed by atoms with Crippen LogP contribution in [-0.4, -0.2) is 20.4 Å². The quantitative estimate of drug-likeness (QED) is 0.825. The second kappa shape index (κ2) is 7.00. The molecule has 2 aromatic carbocycles. The summed E-state index contributed by atoms with van der Waals surface area (Å²) in [5.74, 6) is 1.22. The average Bonchev–Trinajstić information content (AvgIpc) is 3.27. The summed E-state index contributed by atoms with van der Waals surface area (Å²) < 4.78 is 27.8. The number of aryl methyl sites for hydroxylation is 1. The maximum Gasteiger partial charge on any atom is 0.261 e. The molecule has 3 unspecified atom stereocenters. The standard InChI is InChI=1S/C21H24N2O3S/c1-14-7-9-17(21(24)22-20-12-15-8-10-16(20)11-15)13-19(14)23-27(25,26)18-5-3-2-4-6-18/h2-7,9,13,15-16,20,23H,8,10-12H2,1H3,(H,22,24). The molecule has 0 aromatic heterocycles. The molecule has 2 N–H and O–H groups in total. The zero-order valence-electron chi connectivity index (χ0n) is 15.3. The lowest BCUT2D eigenvalue weighted by Crippen LogP contribution is -2.38. The molecular formula is C21H24N2O3S. The molecule has 2 fully saturated rings. The molecule has 5 nitrogen and oxygen atoms in total. The third kappa shape index (κ3) is 3.72. The second-order valence-corrected chi connectivity index (χ2v) is 9.39.